The van der Waals surface area contributed by atoms with Gasteiger partial charge >= 0.3 is 0 Å². The molecule has 0 atom stereocenters. The number of nitrogens with zero attached hydrogens (tertiary/aromatic N) is 2. The van der Waals surface area contributed by atoms with Gasteiger partial charge in [0, 0.05) is 28.6 Å². The van der Waals surface area contributed by atoms with Gasteiger partial charge in [-0.05, 0) is 42.7 Å². The minimum Gasteiger partial charge on any atom is -0.302 e. The monoisotopic (exact) mass is 405 g/mol. The Morgan fingerprint density at radius 1 is 1.10 bits per heavy atom. The van der Waals surface area contributed by atoms with Crippen LogP contribution in [0.2, 0.25) is 0 Å². The van der Waals surface area contributed by atoms with Crippen molar-refractivity contribution in [2.75, 3.05) is 5.32 Å². The zero-order valence-electron chi connectivity index (χ0n) is 16.2. The lowest BCUT2D eigenvalue weighted by Gasteiger charge is -2.12. The van der Waals surface area contributed by atoms with Crippen LogP contribution in [0.5, 0.6) is 0 Å². The number of thiazole rings is 1. The molecule has 1 N–H and O–H groups in total. The Balaban J connectivity index is 1.48. The fourth-order valence-electron chi connectivity index (χ4n) is 3.43. The number of nitrogens with one attached hydrogen (secondary N) is 1. The molecule has 0 aliphatic carbocycles. The van der Waals surface area contributed by atoms with Gasteiger partial charge in [0.1, 0.15) is 5.82 Å². The van der Waals surface area contributed by atoms with Crippen LogP contribution < -0.4 is 5.32 Å². The summed E-state index contributed by atoms with van der Waals surface area (Å²) in [6.07, 6.45) is 2.37. The van der Waals surface area contributed by atoms with Crippen molar-refractivity contribution >= 4 is 33.3 Å². The molecule has 0 aliphatic rings. The molecule has 0 unspecified atom stereocenters. The smallest absolute Gasteiger partial charge is 0.230 e. The summed E-state index contributed by atoms with van der Waals surface area (Å²) in [6, 6.07) is 14.6. The third-order valence-electron chi connectivity index (χ3n) is 4.95. The lowest BCUT2D eigenvalue weighted by atomic mass is 9.99. The minimum absolute atomic E-state index is 0.139. The number of hydrogen-bond donors (Lipinski definition) is 1. The number of benzene rings is 2. The van der Waals surface area contributed by atoms with E-state index in [1.165, 1.54) is 17.4 Å². The van der Waals surface area contributed by atoms with Crippen LogP contribution in [0.3, 0.4) is 0 Å². The summed E-state index contributed by atoms with van der Waals surface area (Å²) in [6.45, 7) is 3.95. The van der Waals surface area contributed by atoms with Gasteiger partial charge < -0.3 is 5.32 Å². The summed E-state index contributed by atoms with van der Waals surface area (Å²) < 4.78 is 13.8. The van der Waals surface area contributed by atoms with Crippen molar-refractivity contribution in [3.05, 3.63) is 87.8 Å². The Morgan fingerprint density at radius 2 is 1.86 bits per heavy atom. The molecule has 0 saturated carbocycles. The van der Waals surface area contributed by atoms with Crippen LogP contribution in [0.25, 0.3) is 10.9 Å². The van der Waals surface area contributed by atoms with Gasteiger partial charge in [-0.1, -0.05) is 36.4 Å². The molecule has 2 heterocycles. The molecule has 0 spiro atoms. The van der Waals surface area contributed by atoms with Crippen LogP contribution in [0, 0.1) is 19.7 Å². The van der Waals surface area contributed by atoms with Gasteiger partial charge in [0.25, 0.3) is 0 Å². The van der Waals surface area contributed by atoms with Crippen LogP contribution in [0.1, 0.15) is 27.3 Å². The highest BCUT2D eigenvalue weighted by atomic mass is 32.1. The van der Waals surface area contributed by atoms with Crippen molar-refractivity contribution in [2.45, 2.75) is 26.7 Å². The van der Waals surface area contributed by atoms with E-state index < -0.39 is 0 Å². The predicted octanol–water partition coefficient (Wildman–Crippen LogP) is 5.22. The number of para-hydroxylation sites is 1. The summed E-state index contributed by atoms with van der Waals surface area (Å²) in [5.41, 5.74) is 4.41. The highest BCUT2D eigenvalue weighted by Gasteiger charge is 2.14. The number of hydrogen-bond acceptors (Lipinski definition) is 4. The van der Waals surface area contributed by atoms with E-state index >= 15 is 0 Å². The first-order chi connectivity index (χ1) is 14.0. The average molecular weight is 405 g/mol. The fraction of sp³-hybridized carbons (Fsp3) is 0.174. The molecule has 2 aromatic carbocycles. The van der Waals surface area contributed by atoms with Crippen molar-refractivity contribution in [1.82, 2.24) is 9.97 Å². The molecule has 4 aromatic rings. The highest BCUT2D eigenvalue weighted by Crippen LogP contribution is 2.25. The largest absolute Gasteiger partial charge is 0.302 e. The van der Waals surface area contributed by atoms with E-state index in [0.717, 1.165) is 32.6 Å². The lowest BCUT2D eigenvalue weighted by Crippen LogP contribution is -2.16. The third kappa shape index (κ3) is 4.17. The van der Waals surface area contributed by atoms with Crippen LogP contribution >= 0.6 is 11.3 Å². The maximum absolute atomic E-state index is 13.8. The van der Waals surface area contributed by atoms with Crippen molar-refractivity contribution in [3.8, 4) is 0 Å². The Kier molecular flexibility index (Phi) is 5.36. The van der Waals surface area contributed by atoms with E-state index in [4.69, 9.17) is 0 Å². The van der Waals surface area contributed by atoms with E-state index in [1.54, 1.807) is 18.3 Å². The minimum atomic E-state index is -0.235. The fourth-order valence-corrected chi connectivity index (χ4v) is 4.28. The molecule has 0 radical (unpaired) electrons. The molecule has 0 aliphatic heterocycles. The van der Waals surface area contributed by atoms with Crippen LogP contribution in [-0.4, -0.2) is 15.9 Å². The van der Waals surface area contributed by atoms with E-state index in [9.17, 15) is 9.18 Å². The quantitative estimate of drug-likeness (QED) is 0.495. The van der Waals surface area contributed by atoms with Crippen LogP contribution in [0.4, 0.5) is 9.52 Å². The summed E-state index contributed by atoms with van der Waals surface area (Å²) >= 11 is 1.36. The van der Waals surface area contributed by atoms with Gasteiger partial charge in [0.05, 0.1) is 11.9 Å². The number of fused-ring (bicyclic) bond motifs is 1. The van der Waals surface area contributed by atoms with Crippen LogP contribution in [0.15, 0.2) is 54.7 Å². The highest BCUT2D eigenvalue weighted by molar-refractivity contribution is 7.15. The topological polar surface area (TPSA) is 54.9 Å². The molecule has 4 rings (SSSR count). The summed E-state index contributed by atoms with van der Waals surface area (Å²) in [5.74, 6) is -0.374. The Morgan fingerprint density at radius 3 is 2.69 bits per heavy atom. The number of carbonyl (C=O) groups excluding carboxylic acids is 1. The maximum atomic E-state index is 13.8. The van der Waals surface area contributed by atoms with Gasteiger partial charge in [-0.3, -0.25) is 9.78 Å². The molecule has 29 heavy (non-hydrogen) atoms. The summed E-state index contributed by atoms with van der Waals surface area (Å²) in [7, 11) is 0. The molecule has 1 amide bonds. The van der Waals surface area contributed by atoms with Crippen molar-refractivity contribution < 1.29 is 9.18 Å². The first kappa shape index (κ1) is 19.2. The molecule has 4 nitrogen and oxygen atoms in total. The number of aromatic nitrogens is 2. The number of pyridine rings is 1. The molecule has 0 bridgehead atoms. The summed E-state index contributed by atoms with van der Waals surface area (Å²) in [5, 5.41) is 4.44. The number of carbonyl (C=O) groups is 1. The van der Waals surface area contributed by atoms with Gasteiger partial charge in [-0.25, -0.2) is 9.37 Å². The van der Waals surface area contributed by atoms with Gasteiger partial charge in [-0.15, -0.1) is 11.3 Å². The maximum Gasteiger partial charge on any atom is 0.230 e. The van der Waals surface area contributed by atoms with Crippen molar-refractivity contribution in [3.63, 3.8) is 0 Å². The van der Waals surface area contributed by atoms with Gasteiger partial charge in [0.15, 0.2) is 5.13 Å². The van der Waals surface area contributed by atoms with E-state index in [2.05, 4.69) is 15.3 Å². The number of amides is 1. The van der Waals surface area contributed by atoms with E-state index in [-0.39, 0.29) is 18.1 Å². The van der Waals surface area contributed by atoms with Gasteiger partial charge in [-0.2, -0.15) is 0 Å². The second kappa shape index (κ2) is 8.09. The SMILES string of the molecule is Cc1nc2ccccc2c(C)c1CC(=O)Nc1ncc(Cc2ccccc2F)s1. The van der Waals surface area contributed by atoms with Crippen LogP contribution in [-0.2, 0) is 17.6 Å². The first-order valence-corrected chi connectivity index (χ1v) is 10.2. The summed E-state index contributed by atoms with van der Waals surface area (Å²) in [4.78, 5) is 22.4. The Hall–Kier alpha value is -3.12. The van der Waals surface area contributed by atoms with Crippen molar-refractivity contribution in [2.24, 2.45) is 0 Å². The third-order valence-corrected chi connectivity index (χ3v) is 5.86. The lowest BCUT2D eigenvalue weighted by molar-refractivity contribution is -0.115. The van der Waals surface area contributed by atoms with Crippen molar-refractivity contribution in [1.29, 1.82) is 0 Å². The molecule has 0 fully saturated rings. The number of rotatable bonds is 5. The Bertz CT molecular complexity index is 1200. The molecular weight excluding hydrogens is 385 g/mol. The molecule has 0 saturated heterocycles. The second-order valence-corrected chi connectivity index (χ2v) is 8.06. The zero-order chi connectivity index (χ0) is 20.4. The van der Waals surface area contributed by atoms with Gasteiger partial charge in [0.2, 0.25) is 5.91 Å². The van der Waals surface area contributed by atoms with E-state index in [1.807, 2.05) is 44.2 Å². The number of anilines is 1. The standard InChI is InChI=1S/C23H20FN3OS/c1-14-18-8-4-6-10-21(18)26-15(2)19(14)12-22(28)27-23-25-13-17(29-23)11-16-7-3-5-9-20(16)24/h3-10,13H,11-12H2,1-2H3,(H,25,27,28). The molecule has 2 aromatic heterocycles. The number of halogens is 1. The molecule has 6 heteroatoms. The van der Waals surface area contributed by atoms with E-state index in [0.29, 0.717) is 17.1 Å². The first-order valence-electron chi connectivity index (χ1n) is 9.34. The Labute approximate surface area is 172 Å². The second-order valence-electron chi connectivity index (χ2n) is 6.94. The number of aryl methyl sites for hydroxylation is 2. The molecular formula is C23H20FN3OS. The normalized spacial score (nSPS) is 11.0. The zero-order valence-corrected chi connectivity index (χ0v) is 17.0. The average Bonchev–Trinajstić information content (AvgIpc) is 3.13. The molecule has 146 valence electrons. The predicted molar refractivity (Wildman–Crippen MR) is 115 cm³/mol.